The Labute approximate surface area is 102 Å². The first-order valence-corrected chi connectivity index (χ1v) is 5.51. The maximum absolute atomic E-state index is 11.5. The zero-order chi connectivity index (χ0) is 12.3. The molecule has 5 heteroatoms. The number of carboxylic acids is 1. The van der Waals surface area contributed by atoms with Crippen molar-refractivity contribution >= 4 is 33.5 Å². The fourth-order valence-electron chi connectivity index (χ4n) is 1.08. The molecule has 0 fully saturated rings. The SMILES string of the molecule is Cc1ccc(Br)cc1NC(=O)C(C)C(=O)O. The van der Waals surface area contributed by atoms with Crippen LogP contribution in [0.5, 0.6) is 0 Å². The third-order valence-corrected chi connectivity index (χ3v) is 2.71. The molecular formula is C11H12BrNO3. The van der Waals surface area contributed by atoms with Crippen LogP contribution in [0.15, 0.2) is 22.7 Å². The first-order chi connectivity index (χ1) is 7.41. The van der Waals surface area contributed by atoms with E-state index in [2.05, 4.69) is 21.2 Å². The number of aryl methyl sites for hydroxylation is 1. The molecule has 0 saturated carbocycles. The Hall–Kier alpha value is -1.36. The summed E-state index contributed by atoms with van der Waals surface area (Å²) < 4.78 is 0.830. The second kappa shape index (κ2) is 5.12. The Morgan fingerprint density at radius 1 is 1.44 bits per heavy atom. The van der Waals surface area contributed by atoms with Crippen LogP contribution in [0.4, 0.5) is 5.69 Å². The molecule has 0 saturated heterocycles. The molecule has 0 bridgehead atoms. The van der Waals surface area contributed by atoms with E-state index >= 15 is 0 Å². The van der Waals surface area contributed by atoms with Gasteiger partial charge in [-0.15, -0.1) is 0 Å². The van der Waals surface area contributed by atoms with E-state index in [1.54, 1.807) is 6.07 Å². The number of aliphatic carboxylic acids is 1. The minimum absolute atomic E-state index is 0.520. The summed E-state index contributed by atoms with van der Waals surface area (Å²) in [6.07, 6.45) is 0. The van der Waals surface area contributed by atoms with Crippen LogP contribution in [0.3, 0.4) is 0 Å². The summed E-state index contributed by atoms with van der Waals surface area (Å²) in [6.45, 7) is 3.19. The molecule has 2 N–H and O–H groups in total. The molecule has 0 aromatic heterocycles. The average molecular weight is 286 g/mol. The number of nitrogens with one attached hydrogen (secondary N) is 1. The zero-order valence-electron chi connectivity index (χ0n) is 8.95. The predicted octanol–water partition coefficient (Wildman–Crippen LogP) is 2.42. The van der Waals surface area contributed by atoms with Gasteiger partial charge in [0.2, 0.25) is 5.91 Å². The van der Waals surface area contributed by atoms with Gasteiger partial charge in [0, 0.05) is 10.2 Å². The van der Waals surface area contributed by atoms with E-state index in [0.29, 0.717) is 5.69 Å². The normalized spacial score (nSPS) is 11.9. The monoisotopic (exact) mass is 285 g/mol. The lowest BCUT2D eigenvalue weighted by molar-refractivity contribution is -0.144. The summed E-state index contributed by atoms with van der Waals surface area (Å²) in [6, 6.07) is 5.43. The van der Waals surface area contributed by atoms with Gasteiger partial charge >= 0.3 is 5.97 Å². The minimum Gasteiger partial charge on any atom is -0.481 e. The van der Waals surface area contributed by atoms with Crippen LogP contribution < -0.4 is 5.32 Å². The number of halogens is 1. The lowest BCUT2D eigenvalue weighted by atomic mass is 10.1. The summed E-state index contributed by atoms with van der Waals surface area (Å²) in [7, 11) is 0. The maximum atomic E-state index is 11.5. The van der Waals surface area contributed by atoms with E-state index in [0.717, 1.165) is 10.0 Å². The van der Waals surface area contributed by atoms with Crippen molar-refractivity contribution in [3.05, 3.63) is 28.2 Å². The predicted molar refractivity (Wildman–Crippen MR) is 64.3 cm³/mol. The Morgan fingerprint density at radius 3 is 2.62 bits per heavy atom. The number of hydrogen-bond donors (Lipinski definition) is 2. The number of hydrogen-bond acceptors (Lipinski definition) is 2. The third kappa shape index (κ3) is 3.06. The molecule has 0 radical (unpaired) electrons. The van der Waals surface area contributed by atoms with Crippen LogP contribution in [-0.2, 0) is 9.59 Å². The maximum Gasteiger partial charge on any atom is 0.315 e. The molecule has 4 nitrogen and oxygen atoms in total. The van der Waals surface area contributed by atoms with Crippen molar-refractivity contribution in [2.24, 2.45) is 5.92 Å². The quantitative estimate of drug-likeness (QED) is 0.838. The first kappa shape index (κ1) is 12.7. The number of carbonyl (C=O) groups is 2. The minimum atomic E-state index is -1.13. The molecule has 86 valence electrons. The van der Waals surface area contributed by atoms with Crippen LogP contribution in [0.1, 0.15) is 12.5 Å². The molecule has 16 heavy (non-hydrogen) atoms. The highest BCUT2D eigenvalue weighted by atomic mass is 79.9. The van der Waals surface area contributed by atoms with E-state index < -0.39 is 17.8 Å². The van der Waals surface area contributed by atoms with Crippen molar-refractivity contribution in [1.29, 1.82) is 0 Å². The summed E-state index contributed by atoms with van der Waals surface area (Å²) in [4.78, 5) is 22.1. The van der Waals surface area contributed by atoms with E-state index in [1.165, 1.54) is 6.92 Å². The second-order valence-electron chi connectivity index (χ2n) is 3.51. The standard InChI is InChI=1S/C11H12BrNO3/c1-6-3-4-8(12)5-9(6)13-10(14)7(2)11(15)16/h3-5,7H,1-2H3,(H,13,14)(H,15,16). The molecule has 1 aromatic rings. The van der Waals surface area contributed by atoms with Gasteiger partial charge < -0.3 is 10.4 Å². The highest BCUT2D eigenvalue weighted by Gasteiger charge is 2.20. The largest absolute Gasteiger partial charge is 0.481 e. The van der Waals surface area contributed by atoms with Gasteiger partial charge in [-0.1, -0.05) is 22.0 Å². The highest BCUT2D eigenvalue weighted by Crippen LogP contribution is 2.21. The molecular weight excluding hydrogens is 274 g/mol. The van der Waals surface area contributed by atoms with Gasteiger partial charge in [-0.25, -0.2) is 0 Å². The molecule has 1 aromatic carbocycles. The lowest BCUT2D eigenvalue weighted by Gasteiger charge is -2.10. The van der Waals surface area contributed by atoms with Gasteiger partial charge in [-0.05, 0) is 31.5 Å². The van der Waals surface area contributed by atoms with E-state index in [1.807, 2.05) is 19.1 Å². The van der Waals surface area contributed by atoms with Gasteiger partial charge in [0.15, 0.2) is 0 Å². The zero-order valence-corrected chi connectivity index (χ0v) is 10.5. The van der Waals surface area contributed by atoms with Crippen molar-refractivity contribution in [3.8, 4) is 0 Å². The van der Waals surface area contributed by atoms with Crippen LogP contribution in [0, 0.1) is 12.8 Å². The molecule has 1 amide bonds. The number of carbonyl (C=O) groups excluding carboxylic acids is 1. The first-order valence-electron chi connectivity index (χ1n) is 4.71. The van der Waals surface area contributed by atoms with E-state index in [4.69, 9.17) is 5.11 Å². The van der Waals surface area contributed by atoms with Crippen LogP contribution >= 0.6 is 15.9 Å². The van der Waals surface area contributed by atoms with Gasteiger partial charge in [0.25, 0.3) is 0 Å². The third-order valence-electron chi connectivity index (χ3n) is 2.22. The molecule has 1 atom stereocenters. The summed E-state index contributed by atoms with van der Waals surface area (Å²) in [5.41, 5.74) is 1.50. The number of carboxylic acid groups (broad SMARTS) is 1. The molecule has 0 aliphatic carbocycles. The molecule has 1 rings (SSSR count). The van der Waals surface area contributed by atoms with E-state index in [9.17, 15) is 9.59 Å². The summed E-state index contributed by atoms with van der Waals surface area (Å²) >= 11 is 3.28. The topological polar surface area (TPSA) is 66.4 Å². The number of benzene rings is 1. The van der Waals surface area contributed by atoms with Gasteiger partial charge in [-0.2, -0.15) is 0 Å². The Bertz CT molecular complexity index is 431. The highest BCUT2D eigenvalue weighted by molar-refractivity contribution is 9.10. The number of anilines is 1. The Kier molecular flexibility index (Phi) is 4.06. The van der Waals surface area contributed by atoms with Crippen molar-refractivity contribution in [3.63, 3.8) is 0 Å². The average Bonchev–Trinajstić information content (AvgIpc) is 2.22. The summed E-state index contributed by atoms with van der Waals surface area (Å²) in [5, 5.41) is 11.3. The number of rotatable bonds is 3. The fourth-order valence-corrected chi connectivity index (χ4v) is 1.44. The molecule has 0 aliphatic heterocycles. The number of amides is 1. The second-order valence-corrected chi connectivity index (χ2v) is 4.42. The Balaban J connectivity index is 2.84. The van der Waals surface area contributed by atoms with Crippen LogP contribution in [0.25, 0.3) is 0 Å². The Morgan fingerprint density at radius 2 is 2.06 bits per heavy atom. The van der Waals surface area contributed by atoms with Gasteiger partial charge in [0.05, 0.1) is 0 Å². The van der Waals surface area contributed by atoms with E-state index in [-0.39, 0.29) is 0 Å². The van der Waals surface area contributed by atoms with Crippen molar-refractivity contribution in [2.45, 2.75) is 13.8 Å². The van der Waals surface area contributed by atoms with Crippen LogP contribution in [-0.4, -0.2) is 17.0 Å². The molecule has 1 unspecified atom stereocenters. The van der Waals surface area contributed by atoms with Gasteiger partial charge in [0.1, 0.15) is 5.92 Å². The van der Waals surface area contributed by atoms with Crippen molar-refractivity contribution < 1.29 is 14.7 Å². The van der Waals surface area contributed by atoms with Gasteiger partial charge in [-0.3, -0.25) is 9.59 Å². The van der Waals surface area contributed by atoms with Crippen molar-refractivity contribution in [1.82, 2.24) is 0 Å². The smallest absolute Gasteiger partial charge is 0.315 e. The fraction of sp³-hybridized carbons (Fsp3) is 0.273. The lowest BCUT2D eigenvalue weighted by Crippen LogP contribution is -2.27. The molecule has 0 aliphatic rings. The summed E-state index contributed by atoms with van der Waals surface area (Å²) in [5.74, 6) is -2.71. The van der Waals surface area contributed by atoms with Crippen LogP contribution in [0.2, 0.25) is 0 Å². The molecule has 0 heterocycles. The van der Waals surface area contributed by atoms with Crippen molar-refractivity contribution in [2.75, 3.05) is 5.32 Å². The molecule has 0 spiro atoms.